The van der Waals surface area contributed by atoms with Gasteiger partial charge in [0.05, 0.1) is 6.10 Å². The van der Waals surface area contributed by atoms with Gasteiger partial charge in [-0.05, 0) is 25.1 Å². The third-order valence-electron chi connectivity index (χ3n) is 3.06. The Bertz CT molecular complexity index is 533. The largest absolute Gasteiger partial charge is 0.484 e. The topological polar surface area (TPSA) is 29.5 Å². The van der Waals surface area contributed by atoms with Crippen molar-refractivity contribution in [2.45, 2.75) is 25.6 Å². The molecule has 1 aromatic heterocycles. The highest BCUT2D eigenvalue weighted by Gasteiger charge is 2.28. The van der Waals surface area contributed by atoms with Crippen LogP contribution in [0.3, 0.4) is 0 Å². The zero-order valence-electron chi connectivity index (χ0n) is 9.59. The van der Waals surface area contributed by atoms with Crippen molar-refractivity contribution in [2.75, 3.05) is 0 Å². The van der Waals surface area contributed by atoms with Gasteiger partial charge in [-0.1, -0.05) is 18.2 Å². The number of rotatable bonds is 1. The van der Waals surface area contributed by atoms with Gasteiger partial charge in [-0.2, -0.15) is 0 Å². The Balaban J connectivity index is 1.93. The molecule has 0 saturated heterocycles. The highest BCUT2D eigenvalue weighted by molar-refractivity contribution is 7.12. The SMILES string of the molecule is Cc1ccc(C2C[C@H](O)c3ccccc3O2)s1. The summed E-state index contributed by atoms with van der Waals surface area (Å²) in [4.78, 5) is 2.47. The molecule has 1 aromatic carbocycles. The lowest BCUT2D eigenvalue weighted by Crippen LogP contribution is -2.18. The van der Waals surface area contributed by atoms with Crippen LogP contribution in [0.15, 0.2) is 36.4 Å². The van der Waals surface area contributed by atoms with Crippen molar-refractivity contribution in [1.82, 2.24) is 0 Å². The molecule has 88 valence electrons. The van der Waals surface area contributed by atoms with Gasteiger partial charge in [0.25, 0.3) is 0 Å². The van der Waals surface area contributed by atoms with Crippen LogP contribution in [0.4, 0.5) is 0 Å². The van der Waals surface area contributed by atoms with Crippen LogP contribution in [-0.4, -0.2) is 5.11 Å². The van der Waals surface area contributed by atoms with Crippen molar-refractivity contribution >= 4 is 11.3 Å². The molecule has 0 fully saturated rings. The molecule has 2 nitrogen and oxygen atoms in total. The van der Waals surface area contributed by atoms with Crippen LogP contribution >= 0.6 is 11.3 Å². The summed E-state index contributed by atoms with van der Waals surface area (Å²) in [6.07, 6.45) is 0.197. The molecular weight excluding hydrogens is 232 g/mol. The van der Waals surface area contributed by atoms with E-state index in [1.807, 2.05) is 24.3 Å². The first-order valence-corrected chi connectivity index (χ1v) is 6.55. The lowest BCUT2D eigenvalue weighted by atomic mass is 9.98. The van der Waals surface area contributed by atoms with Gasteiger partial charge in [0.1, 0.15) is 11.9 Å². The summed E-state index contributed by atoms with van der Waals surface area (Å²) in [5, 5.41) is 10.1. The number of thiophene rings is 1. The molecule has 0 saturated carbocycles. The van der Waals surface area contributed by atoms with Crippen LogP contribution in [0.5, 0.6) is 5.75 Å². The predicted molar refractivity (Wildman–Crippen MR) is 68.4 cm³/mol. The number of aliphatic hydroxyl groups excluding tert-OH is 1. The van der Waals surface area contributed by atoms with Crippen molar-refractivity contribution in [1.29, 1.82) is 0 Å². The molecule has 3 rings (SSSR count). The van der Waals surface area contributed by atoms with Crippen molar-refractivity contribution in [3.8, 4) is 5.75 Å². The summed E-state index contributed by atoms with van der Waals surface area (Å²) in [5.74, 6) is 0.808. The molecule has 0 radical (unpaired) electrons. The number of benzene rings is 1. The van der Waals surface area contributed by atoms with Crippen molar-refractivity contribution in [3.63, 3.8) is 0 Å². The Labute approximate surface area is 104 Å². The van der Waals surface area contributed by atoms with Crippen LogP contribution in [-0.2, 0) is 0 Å². The van der Waals surface area contributed by atoms with E-state index >= 15 is 0 Å². The van der Waals surface area contributed by atoms with Crippen LogP contribution in [0.25, 0.3) is 0 Å². The van der Waals surface area contributed by atoms with Gasteiger partial charge in [-0.15, -0.1) is 11.3 Å². The fraction of sp³-hybridized carbons (Fsp3) is 0.286. The van der Waals surface area contributed by atoms with E-state index in [0.717, 1.165) is 11.3 Å². The summed E-state index contributed by atoms with van der Waals surface area (Å²) >= 11 is 1.73. The Morgan fingerprint density at radius 2 is 2.06 bits per heavy atom. The van der Waals surface area contributed by atoms with Gasteiger partial charge in [-0.25, -0.2) is 0 Å². The second-order valence-corrected chi connectivity index (χ2v) is 5.66. The number of hydrogen-bond donors (Lipinski definition) is 1. The Kier molecular flexibility index (Phi) is 2.65. The zero-order valence-corrected chi connectivity index (χ0v) is 10.4. The third-order valence-corrected chi connectivity index (χ3v) is 4.16. The maximum Gasteiger partial charge on any atom is 0.136 e. The number of aryl methyl sites for hydroxylation is 1. The average molecular weight is 246 g/mol. The van der Waals surface area contributed by atoms with Gasteiger partial charge in [0.15, 0.2) is 0 Å². The van der Waals surface area contributed by atoms with E-state index in [4.69, 9.17) is 4.74 Å². The maximum atomic E-state index is 10.1. The van der Waals surface area contributed by atoms with Gasteiger partial charge < -0.3 is 9.84 Å². The minimum Gasteiger partial charge on any atom is -0.484 e. The number of ether oxygens (including phenoxy) is 1. The van der Waals surface area contributed by atoms with Gasteiger partial charge in [0, 0.05) is 21.7 Å². The molecule has 0 bridgehead atoms. The van der Waals surface area contributed by atoms with E-state index < -0.39 is 6.10 Å². The molecule has 1 unspecified atom stereocenters. The fourth-order valence-corrected chi connectivity index (χ4v) is 3.11. The van der Waals surface area contributed by atoms with E-state index in [9.17, 15) is 5.11 Å². The summed E-state index contributed by atoms with van der Waals surface area (Å²) in [6, 6.07) is 11.9. The van der Waals surface area contributed by atoms with Crippen molar-refractivity contribution in [3.05, 3.63) is 51.7 Å². The van der Waals surface area contributed by atoms with E-state index in [-0.39, 0.29) is 6.10 Å². The quantitative estimate of drug-likeness (QED) is 0.832. The monoisotopic (exact) mass is 246 g/mol. The van der Waals surface area contributed by atoms with Crippen molar-refractivity contribution in [2.24, 2.45) is 0 Å². The van der Waals surface area contributed by atoms with Crippen LogP contribution in [0, 0.1) is 6.92 Å². The minimum absolute atomic E-state index is 0.0152. The summed E-state index contributed by atoms with van der Waals surface area (Å²) in [6.45, 7) is 2.08. The molecule has 1 N–H and O–H groups in total. The summed E-state index contributed by atoms with van der Waals surface area (Å²) < 4.78 is 5.95. The molecule has 3 heteroatoms. The third kappa shape index (κ3) is 1.96. The first-order chi connectivity index (χ1) is 8.24. The number of para-hydroxylation sites is 1. The molecule has 2 atom stereocenters. The normalized spacial score (nSPS) is 22.9. The number of aliphatic hydroxyl groups is 1. The summed E-state index contributed by atoms with van der Waals surface area (Å²) in [5.41, 5.74) is 0.900. The average Bonchev–Trinajstić information content (AvgIpc) is 2.76. The van der Waals surface area contributed by atoms with Crippen LogP contribution in [0.2, 0.25) is 0 Å². The Hall–Kier alpha value is -1.32. The standard InChI is InChI=1S/C14H14O2S/c1-9-6-7-14(17-9)13-8-11(15)10-4-2-3-5-12(10)16-13/h2-7,11,13,15H,8H2,1H3/t11-,13?/m0/s1. The molecule has 0 amide bonds. The van der Waals surface area contributed by atoms with E-state index in [0.29, 0.717) is 6.42 Å². The van der Waals surface area contributed by atoms with E-state index in [1.165, 1.54) is 9.75 Å². The van der Waals surface area contributed by atoms with Gasteiger partial charge in [0.2, 0.25) is 0 Å². The second-order valence-electron chi connectivity index (χ2n) is 4.34. The van der Waals surface area contributed by atoms with E-state index in [2.05, 4.69) is 19.1 Å². The lowest BCUT2D eigenvalue weighted by Gasteiger charge is -2.28. The molecule has 17 heavy (non-hydrogen) atoms. The Morgan fingerprint density at radius 3 is 2.82 bits per heavy atom. The highest BCUT2D eigenvalue weighted by Crippen LogP contribution is 2.41. The number of hydrogen-bond acceptors (Lipinski definition) is 3. The Morgan fingerprint density at radius 1 is 1.24 bits per heavy atom. The lowest BCUT2D eigenvalue weighted by molar-refractivity contribution is 0.0674. The molecule has 2 heterocycles. The predicted octanol–water partition coefficient (Wildman–Crippen LogP) is 3.61. The minimum atomic E-state index is -0.424. The zero-order chi connectivity index (χ0) is 11.8. The molecule has 1 aliphatic heterocycles. The number of fused-ring (bicyclic) bond motifs is 1. The fourth-order valence-electron chi connectivity index (χ4n) is 2.19. The summed E-state index contributed by atoms with van der Waals surface area (Å²) in [7, 11) is 0. The highest BCUT2D eigenvalue weighted by atomic mass is 32.1. The molecule has 2 aromatic rings. The molecule has 1 aliphatic rings. The van der Waals surface area contributed by atoms with Crippen LogP contribution < -0.4 is 4.74 Å². The van der Waals surface area contributed by atoms with Gasteiger partial charge >= 0.3 is 0 Å². The van der Waals surface area contributed by atoms with Crippen molar-refractivity contribution < 1.29 is 9.84 Å². The van der Waals surface area contributed by atoms with E-state index in [1.54, 1.807) is 11.3 Å². The van der Waals surface area contributed by atoms with Gasteiger partial charge in [-0.3, -0.25) is 0 Å². The maximum absolute atomic E-state index is 10.1. The first kappa shape index (κ1) is 10.8. The second kappa shape index (κ2) is 4.17. The molecular formula is C14H14O2S. The first-order valence-electron chi connectivity index (χ1n) is 5.74. The van der Waals surface area contributed by atoms with Crippen LogP contribution in [0.1, 0.15) is 33.9 Å². The smallest absolute Gasteiger partial charge is 0.136 e. The molecule has 0 spiro atoms. The molecule has 0 aliphatic carbocycles.